The lowest BCUT2D eigenvalue weighted by Crippen LogP contribution is -2.41. The number of nitriles is 1. The maximum Gasteiger partial charge on any atom is 0.433 e. The highest BCUT2D eigenvalue weighted by atomic mass is 35.5. The minimum atomic E-state index is -4.58. The minimum absolute atomic E-state index is 0.0346. The smallest absolute Gasteiger partial charge is 0.370 e. The van der Waals surface area contributed by atoms with Crippen molar-refractivity contribution in [1.29, 1.82) is 5.26 Å². The molecule has 3 aromatic heterocycles. The molecule has 3 saturated heterocycles. The van der Waals surface area contributed by atoms with Gasteiger partial charge in [0.2, 0.25) is 5.91 Å². The van der Waals surface area contributed by atoms with Crippen LogP contribution in [0.5, 0.6) is 0 Å². The highest BCUT2D eigenvalue weighted by Crippen LogP contribution is 2.51. The molecule has 10 rings (SSSR count). The van der Waals surface area contributed by atoms with E-state index in [1.54, 1.807) is 18.2 Å². The number of fused-ring (bicyclic) bond motifs is 4. The van der Waals surface area contributed by atoms with E-state index in [4.69, 9.17) is 32.9 Å². The Labute approximate surface area is 324 Å². The largest absolute Gasteiger partial charge is 0.433 e. The van der Waals surface area contributed by atoms with E-state index < -0.39 is 29.8 Å². The number of carbonyl (C=O) groups excluding carboxylic acids is 1. The second kappa shape index (κ2) is 13.7. The summed E-state index contributed by atoms with van der Waals surface area (Å²) in [6.07, 6.45) is -1.58. The summed E-state index contributed by atoms with van der Waals surface area (Å²) < 4.78 is 65.9. The quantitative estimate of drug-likeness (QED) is 0.150. The number of halogens is 6. The maximum absolute atomic E-state index is 17.2. The molecule has 6 heterocycles. The molecule has 0 spiro atoms. The van der Waals surface area contributed by atoms with Gasteiger partial charge in [0.1, 0.15) is 11.2 Å². The number of ether oxygens (including phenoxy) is 1. The molecular weight excluding hydrogens is 755 g/mol. The third-order valence-corrected chi connectivity index (χ3v) is 12.6. The molecule has 1 amide bonds. The van der Waals surface area contributed by atoms with Crippen LogP contribution in [-0.2, 0) is 28.7 Å². The number of pyridine rings is 2. The fraction of sp³-hybridized carbons (Fsp3) is 0.415. The summed E-state index contributed by atoms with van der Waals surface area (Å²) in [7, 11) is 0. The van der Waals surface area contributed by atoms with Gasteiger partial charge in [-0.15, -0.1) is 0 Å². The number of likely N-dealkylation sites (tertiary alicyclic amines) is 1. The summed E-state index contributed by atoms with van der Waals surface area (Å²) in [6.45, 7) is 2.84. The summed E-state index contributed by atoms with van der Waals surface area (Å²) in [4.78, 5) is 24.5. The maximum atomic E-state index is 17.2. The Morgan fingerprint density at radius 1 is 1.09 bits per heavy atom. The van der Waals surface area contributed by atoms with Crippen LogP contribution in [0.1, 0.15) is 72.5 Å². The van der Waals surface area contributed by atoms with Crippen LogP contribution < -0.4 is 5.32 Å². The first-order valence-corrected chi connectivity index (χ1v) is 19.3. The van der Waals surface area contributed by atoms with Gasteiger partial charge in [-0.25, -0.2) is 14.4 Å². The van der Waals surface area contributed by atoms with E-state index in [1.165, 1.54) is 12.1 Å². The number of carbonyl (C=O) groups is 1. The van der Waals surface area contributed by atoms with Gasteiger partial charge in [-0.3, -0.25) is 4.79 Å². The van der Waals surface area contributed by atoms with Gasteiger partial charge in [0, 0.05) is 71.2 Å². The normalized spacial score (nSPS) is 23.5. The second-order valence-electron chi connectivity index (χ2n) is 15.2. The van der Waals surface area contributed by atoms with Crippen molar-refractivity contribution in [2.75, 3.05) is 13.1 Å². The zero-order chi connectivity index (χ0) is 38.3. The molecule has 2 aliphatic carbocycles. The van der Waals surface area contributed by atoms with Gasteiger partial charge in [-0.1, -0.05) is 41.4 Å². The Kier molecular flexibility index (Phi) is 9.08. The fourth-order valence-electron chi connectivity index (χ4n) is 9.03. The van der Waals surface area contributed by atoms with Crippen molar-refractivity contribution in [3.8, 4) is 17.2 Å². The molecule has 5 aromatic rings. The third-order valence-electron chi connectivity index (χ3n) is 11.8. The van der Waals surface area contributed by atoms with Crippen molar-refractivity contribution < 1.29 is 27.1 Å². The molecule has 2 bridgehead atoms. The van der Waals surface area contributed by atoms with Gasteiger partial charge < -0.3 is 19.5 Å². The van der Waals surface area contributed by atoms with E-state index >= 15 is 4.39 Å². The molecule has 8 nitrogen and oxygen atoms in total. The van der Waals surface area contributed by atoms with Gasteiger partial charge >= 0.3 is 6.18 Å². The number of nitrogens with one attached hydrogen (secondary N) is 1. The van der Waals surface area contributed by atoms with Crippen molar-refractivity contribution in [2.24, 2.45) is 11.8 Å². The number of aryl methyl sites for hydroxylation is 2. The van der Waals surface area contributed by atoms with Crippen LogP contribution in [0.3, 0.4) is 0 Å². The molecule has 14 heteroatoms. The standard InChI is InChI=1S/C41H36Cl2F4N6O2/c1-20-27-16-32(31-15-25(18-52(31)40(54)21-10-11-21)55-19-24-6-2-9-33(51-24)41(45,46)47)53(38-23-14-30(38)49-17-23)39(27)28-13-22(5-4-12-48)34(36(44)37(28)50-20)26-7-3-8-29(42)35(26)43/h2-3,6-9,13,16,21,23,25,30-31,38,49H,4-5,10-11,14-15,17-19H2,1H3/t23-,25+,30-,31-,38+/m1/s1. The number of amides is 1. The van der Waals surface area contributed by atoms with Crippen LogP contribution in [0.15, 0.2) is 48.5 Å². The van der Waals surface area contributed by atoms with Crippen molar-refractivity contribution >= 4 is 50.9 Å². The molecule has 0 radical (unpaired) electrons. The van der Waals surface area contributed by atoms with Crippen LogP contribution in [0.4, 0.5) is 17.6 Å². The molecule has 5 fully saturated rings. The summed E-state index contributed by atoms with van der Waals surface area (Å²) >= 11 is 13.1. The summed E-state index contributed by atoms with van der Waals surface area (Å²) in [5.41, 5.74) is 2.97. The van der Waals surface area contributed by atoms with Gasteiger partial charge in [0.05, 0.1) is 52.1 Å². The number of rotatable bonds is 9. The number of hydrogen-bond acceptors (Lipinski definition) is 6. The molecule has 0 unspecified atom stereocenters. The van der Waals surface area contributed by atoms with E-state index in [2.05, 4.69) is 27.0 Å². The molecule has 284 valence electrons. The minimum Gasteiger partial charge on any atom is -0.370 e. The first-order chi connectivity index (χ1) is 26.4. The summed E-state index contributed by atoms with van der Waals surface area (Å²) in [5, 5.41) is 15.2. The van der Waals surface area contributed by atoms with Gasteiger partial charge in [-0.2, -0.15) is 18.4 Å². The third kappa shape index (κ3) is 6.24. The molecule has 3 aliphatic heterocycles. The van der Waals surface area contributed by atoms with Crippen LogP contribution in [0.2, 0.25) is 10.0 Å². The molecule has 5 atom stereocenters. The molecule has 5 aliphatic rings. The lowest BCUT2D eigenvalue weighted by molar-refractivity contribution is -0.141. The number of benzene rings is 2. The van der Waals surface area contributed by atoms with Crippen LogP contribution >= 0.6 is 23.2 Å². The van der Waals surface area contributed by atoms with Crippen LogP contribution in [-0.4, -0.2) is 50.6 Å². The highest BCUT2D eigenvalue weighted by Gasteiger charge is 2.51. The Balaban J connectivity index is 1.19. The van der Waals surface area contributed by atoms with E-state index in [1.807, 2.05) is 17.9 Å². The molecule has 2 aromatic carbocycles. The van der Waals surface area contributed by atoms with E-state index in [0.717, 1.165) is 48.5 Å². The Morgan fingerprint density at radius 3 is 2.60 bits per heavy atom. The predicted molar refractivity (Wildman–Crippen MR) is 200 cm³/mol. The Bertz CT molecular complexity index is 2410. The average molecular weight is 792 g/mol. The Hall–Kier alpha value is -4.28. The Morgan fingerprint density at radius 2 is 1.89 bits per heavy atom. The predicted octanol–water partition coefficient (Wildman–Crippen LogP) is 9.28. The number of hydrogen-bond donors (Lipinski definition) is 1. The van der Waals surface area contributed by atoms with Crippen molar-refractivity contribution in [3.05, 3.63) is 92.7 Å². The van der Waals surface area contributed by atoms with Gasteiger partial charge in [0.25, 0.3) is 0 Å². The second-order valence-corrected chi connectivity index (χ2v) is 16.0. The first-order valence-electron chi connectivity index (χ1n) is 18.6. The lowest BCUT2D eigenvalue weighted by Gasteiger charge is -2.39. The molecule has 55 heavy (non-hydrogen) atoms. The van der Waals surface area contributed by atoms with Crippen molar-refractivity contribution in [2.45, 2.75) is 82.5 Å². The topological polar surface area (TPSA) is 96.1 Å². The lowest BCUT2D eigenvalue weighted by atomic mass is 9.79. The first kappa shape index (κ1) is 36.4. The van der Waals surface area contributed by atoms with Crippen molar-refractivity contribution in [1.82, 2.24) is 24.8 Å². The fourth-order valence-corrected chi connectivity index (χ4v) is 9.42. The SMILES string of the molecule is Cc1nc2c(F)c(-c3cccc(Cl)c3Cl)c(CCC#N)cc2c2c1cc([C@H]1C[C@H](OCc3cccc(C(F)(F)F)n3)CN1C(=O)C1CC1)n2[C@H]1[C@H]2CN[C@@H]1C2. The highest BCUT2D eigenvalue weighted by molar-refractivity contribution is 6.43. The summed E-state index contributed by atoms with van der Waals surface area (Å²) in [5.74, 6) is -0.272. The number of alkyl halides is 3. The average Bonchev–Trinajstić information content (AvgIpc) is 3.45. The van der Waals surface area contributed by atoms with E-state index in [9.17, 15) is 23.2 Å². The van der Waals surface area contributed by atoms with E-state index in [-0.39, 0.29) is 76.7 Å². The number of nitrogens with zero attached hydrogens (tertiary/aromatic N) is 5. The van der Waals surface area contributed by atoms with Gasteiger partial charge in [-0.05, 0) is 74.4 Å². The van der Waals surface area contributed by atoms with E-state index in [0.29, 0.717) is 34.5 Å². The zero-order valence-corrected chi connectivity index (χ0v) is 31.3. The van der Waals surface area contributed by atoms with Crippen molar-refractivity contribution in [3.63, 3.8) is 0 Å². The summed E-state index contributed by atoms with van der Waals surface area (Å²) in [6, 6.07) is 14.8. The molecule has 1 N–H and O–H groups in total. The van der Waals surface area contributed by atoms with Crippen LogP contribution in [0.25, 0.3) is 32.9 Å². The van der Waals surface area contributed by atoms with Crippen LogP contribution in [0, 0.1) is 35.9 Å². The number of aromatic nitrogens is 3. The molecular formula is C41H36Cl2F4N6O2. The van der Waals surface area contributed by atoms with Gasteiger partial charge in [0.15, 0.2) is 5.82 Å². The zero-order valence-electron chi connectivity index (χ0n) is 29.8. The monoisotopic (exact) mass is 790 g/mol. The molecule has 2 saturated carbocycles.